The van der Waals surface area contributed by atoms with E-state index in [1.165, 1.54) is 0 Å². The number of rotatable bonds is 5. The maximum absolute atomic E-state index is 13.3. The molecule has 1 heterocycles. The van der Waals surface area contributed by atoms with E-state index in [2.05, 4.69) is 5.32 Å². The Balaban J connectivity index is 1.72. The Morgan fingerprint density at radius 2 is 1.63 bits per heavy atom. The Morgan fingerprint density at radius 3 is 2.37 bits per heavy atom. The highest BCUT2D eigenvalue weighted by Crippen LogP contribution is 2.45. The van der Waals surface area contributed by atoms with Crippen molar-refractivity contribution in [2.24, 2.45) is 0 Å². The van der Waals surface area contributed by atoms with Crippen LogP contribution >= 0.6 is 0 Å². The lowest BCUT2D eigenvalue weighted by molar-refractivity contribution is -0.122. The van der Waals surface area contributed by atoms with E-state index < -0.39 is 0 Å². The van der Waals surface area contributed by atoms with Crippen LogP contribution in [0.2, 0.25) is 0 Å². The summed E-state index contributed by atoms with van der Waals surface area (Å²) in [6.07, 6.45) is 1.23. The number of hydrogen-bond donors (Lipinski definition) is 1. The second-order valence-corrected chi connectivity index (χ2v) is 7.61. The van der Waals surface area contributed by atoms with Crippen molar-refractivity contribution in [2.75, 3.05) is 21.3 Å². The average molecular weight is 407 g/mol. The van der Waals surface area contributed by atoms with Gasteiger partial charge < -0.3 is 19.5 Å². The third-order valence-electron chi connectivity index (χ3n) is 5.92. The van der Waals surface area contributed by atoms with Gasteiger partial charge in [0.2, 0.25) is 5.91 Å². The van der Waals surface area contributed by atoms with E-state index in [0.29, 0.717) is 29.9 Å². The molecule has 2 aliphatic rings. The van der Waals surface area contributed by atoms with Gasteiger partial charge in [0.05, 0.1) is 21.3 Å². The van der Waals surface area contributed by atoms with Gasteiger partial charge >= 0.3 is 0 Å². The van der Waals surface area contributed by atoms with Crippen LogP contribution in [0.3, 0.4) is 0 Å². The molecule has 0 unspecified atom stereocenters. The van der Waals surface area contributed by atoms with E-state index in [-0.39, 0.29) is 29.9 Å². The number of ether oxygens (including phenoxy) is 3. The van der Waals surface area contributed by atoms with Crippen LogP contribution in [-0.4, -0.2) is 33.0 Å². The van der Waals surface area contributed by atoms with Gasteiger partial charge in [-0.1, -0.05) is 18.2 Å². The number of ketones is 1. The van der Waals surface area contributed by atoms with Crippen molar-refractivity contribution in [1.29, 1.82) is 0 Å². The molecule has 0 spiro atoms. The third kappa shape index (κ3) is 3.65. The summed E-state index contributed by atoms with van der Waals surface area (Å²) in [6.45, 7) is 0. The molecular formula is C24H25NO5. The molecule has 1 aliphatic heterocycles. The number of benzene rings is 2. The second kappa shape index (κ2) is 8.22. The smallest absolute Gasteiger partial charge is 0.225 e. The molecule has 6 nitrogen and oxygen atoms in total. The summed E-state index contributed by atoms with van der Waals surface area (Å²) in [4.78, 5) is 25.8. The van der Waals surface area contributed by atoms with Crippen LogP contribution in [0.4, 0.5) is 0 Å². The monoisotopic (exact) mass is 407 g/mol. The van der Waals surface area contributed by atoms with Crippen LogP contribution in [-0.2, 0) is 9.59 Å². The number of carbonyl (C=O) groups is 2. The zero-order chi connectivity index (χ0) is 21.3. The number of amides is 1. The van der Waals surface area contributed by atoms with Gasteiger partial charge in [0.15, 0.2) is 5.78 Å². The molecule has 2 atom stereocenters. The van der Waals surface area contributed by atoms with Gasteiger partial charge in [-0.3, -0.25) is 9.59 Å². The minimum Gasteiger partial charge on any atom is -0.497 e. The third-order valence-corrected chi connectivity index (χ3v) is 5.92. The molecule has 0 saturated heterocycles. The highest BCUT2D eigenvalue weighted by Gasteiger charge is 2.39. The van der Waals surface area contributed by atoms with E-state index >= 15 is 0 Å². The van der Waals surface area contributed by atoms with Gasteiger partial charge in [0.1, 0.15) is 17.2 Å². The van der Waals surface area contributed by atoms with Crippen molar-refractivity contribution in [1.82, 2.24) is 5.32 Å². The Kier molecular flexibility index (Phi) is 5.48. The molecule has 156 valence electrons. The maximum Gasteiger partial charge on any atom is 0.225 e. The van der Waals surface area contributed by atoms with Crippen molar-refractivity contribution >= 4 is 11.7 Å². The molecule has 0 saturated carbocycles. The first-order chi connectivity index (χ1) is 14.5. The van der Waals surface area contributed by atoms with Gasteiger partial charge in [-0.05, 0) is 36.1 Å². The van der Waals surface area contributed by atoms with E-state index in [0.717, 1.165) is 22.6 Å². The van der Waals surface area contributed by atoms with E-state index in [1.54, 1.807) is 27.4 Å². The number of nitrogens with one attached hydrogen (secondary N) is 1. The van der Waals surface area contributed by atoms with Crippen molar-refractivity contribution in [3.63, 3.8) is 0 Å². The molecule has 4 rings (SSSR count). The molecule has 0 bridgehead atoms. The summed E-state index contributed by atoms with van der Waals surface area (Å²) in [5, 5.41) is 2.96. The topological polar surface area (TPSA) is 73.9 Å². The summed E-state index contributed by atoms with van der Waals surface area (Å²) in [5.74, 6) is 1.69. The van der Waals surface area contributed by atoms with E-state index in [4.69, 9.17) is 14.2 Å². The van der Waals surface area contributed by atoms with Gasteiger partial charge in [-0.15, -0.1) is 0 Å². The Labute approximate surface area is 175 Å². The predicted molar refractivity (Wildman–Crippen MR) is 112 cm³/mol. The summed E-state index contributed by atoms with van der Waals surface area (Å²) in [6, 6.07) is 13.3. The molecule has 6 heteroatoms. The molecule has 0 aromatic heterocycles. The van der Waals surface area contributed by atoms with Gasteiger partial charge in [0.25, 0.3) is 0 Å². The fourth-order valence-corrected chi connectivity index (χ4v) is 4.46. The first-order valence-electron chi connectivity index (χ1n) is 9.96. The first kappa shape index (κ1) is 20.0. The van der Waals surface area contributed by atoms with Gasteiger partial charge in [-0.2, -0.15) is 0 Å². The minimum atomic E-state index is -0.326. The molecule has 1 amide bonds. The van der Waals surface area contributed by atoms with Crippen molar-refractivity contribution in [2.45, 2.75) is 31.1 Å². The lowest BCUT2D eigenvalue weighted by atomic mass is 9.73. The van der Waals surface area contributed by atoms with Crippen molar-refractivity contribution in [3.05, 3.63) is 64.9 Å². The molecule has 1 aliphatic carbocycles. The SMILES string of the molecule is COc1cccc([C@@H]2CC(=O)C3=C(C2)NC(=O)C[C@@H]3c2ccc(OC)cc2OC)c1. The molecule has 2 aromatic rings. The second-order valence-electron chi connectivity index (χ2n) is 7.61. The molecule has 0 radical (unpaired) electrons. The van der Waals surface area contributed by atoms with Crippen LogP contribution in [0.15, 0.2) is 53.7 Å². The lowest BCUT2D eigenvalue weighted by Crippen LogP contribution is -2.38. The summed E-state index contributed by atoms with van der Waals surface area (Å²) < 4.78 is 16.2. The average Bonchev–Trinajstić information content (AvgIpc) is 2.77. The molecular weight excluding hydrogens is 382 g/mol. The summed E-state index contributed by atoms with van der Waals surface area (Å²) in [5.41, 5.74) is 3.27. The Bertz CT molecular complexity index is 1030. The van der Waals surface area contributed by atoms with Crippen molar-refractivity contribution < 1.29 is 23.8 Å². The molecule has 2 aromatic carbocycles. The Hall–Kier alpha value is -3.28. The number of hydrogen-bond acceptors (Lipinski definition) is 5. The number of carbonyl (C=O) groups excluding carboxylic acids is 2. The van der Waals surface area contributed by atoms with Crippen LogP contribution in [0.5, 0.6) is 17.2 Å². The lowest BCUT2D eigenvalue weighted by Gasteiger charge is -2.35. The van der Waals surface area contributed by atoms with Gasteiger partial charge in [-0.25, -0.2) is 0 Å². The molecule has 1 N–H and O–H groups in total. The molecule has 0 fully saturated rings. The fourth-order valence-electron chi connectivity index (χ4n) is 4.46. The maximum atomic E-state index is 13.3. The highest BCUT2D eigenvalue weighted by atomic mass is 16.5. The van der Waals surface area contributed by atoms with E-state index in [9.17, 15) is 9.59 Å². The zero-order valence-electron chi connectivity index (χ0n) is 17.4. The number of methoxy groups -OCH3 is 3. The summed E-state index contributed by atoms with van der Waals surface area (Å²) in [7, 11) is 4.80. The largest absolute Gasteiger partial charge is 0.497 e. The normalized spacial score (nSPS) is 21.0. The zero-order valence-corrected chi connectivity index (χ0v) is 17.4. The number of Topliss-reactive ketones (excluding diaryl/α,β-unsaturated/α-hetero) is 1. The standard InChI is InChI=1S/C24H25NO5/c1-28-16-6-4-5-14(9-16)15-10-20-24(21(26)11-15)19(13-23(27)25-20)18-8-7-17(29-2)12-22(18)30-3/h4-9,12,15,19H,10-11,13H2,1-3H3,(H,25,27)/t15-,19+/m0/s1. The summed E-state index contributed by atoms with van der Waals surface area (Å²) >= 11 is 0. The quantitative estimate of drug-likeness (QED) is 0.818. The Morgan fingerprint density at radius 1 is 0.867 bits per heavy atom. The van der Waals surface area contributed by atoms with Crippen molar-refractivity contribution in [3.8, 4) is 17.2 Å². The van der Waals surface area contributed by atoms with Crippen LogP contribution in [0.1, 0.15) is 42.2 Å². The van der Waals surface area contributed by atoms with Crippen LogP contribution in [0, 0.1) is 0 Å². The molecule has 30 heavy (non-hydrogen) atoms. The van der Waals surface area contributed by atoms with Crippen LogP contribution in [0.25, 0.3) is 0 Å². The predicted octanol–water partition coefficient (Wildman–Crippen LogP) is 3.72. The fraction of sp³-hybridized carbons (Fsp3) is 0.333. The highest BCUT2D eigenvalue weighted by molar-refractivity contribution is 6.02. The minimum absolute atomic E-state index is 0.00293. The van der Waals surface area contributed by atoms with Gasteiger partial charge in [0, 0.05) is 41.7 Å². The van der Waals surface area contributed by atoms with Crippen LogP contribution < -0.4 is 19.5 Å². The number of allylic oxidation sites excluding steroid dienone is 2. The first-order valence-corrected chi connectivity index (χ1v) is 9.96. The van der Waals surface area contributed by atoms with E-state index in [1.807, 2.05) is 36.4 Å².